The van der Waals surface area contributed by atoms with Gasteiger partial charge in [0, 0.05) is 11.1 Å². The first-order chi connectivity index (χ1) is 15.8. The van der Waals surface area contributed by atoms with Crippen LogP contribution < -0.4 is 0 Å². The molecular weight excluding hydrogens is 414 g/mol. The van der Waals surface area contributed by atoms with Crippen LogP contribution in [0.5, 0.6) is 0 Å². The summed E-state index contributed by atoms with van der Waals surface area (Å²) in [4.78, 5) is 30.2. The SMILES string of the molecule is CCOC(=O)C(N=C(c1ccccc1)c1ccccc1)c1ccc(C(=O)OC(C)(C)C)cc1. The van der Waals surface area contributed by atoms with Crippen LogP contribution in [0.1, 0.15) is 60.8 Å². The van der Waals surface area contributed by atoms with Gasteiger partial charge in [0.05, 0.1) is 17.9 Å². The number of carbonyl (C=O) groups excluding carboxylic acids is 2. The Bertz CT molecular complexity index is 1060. The van der Waals surface area contributed by atoms with Crippen LogP contribution in [0.15, 0.2) is 89.9 Å². The largest absolute Gasteiger partial charge is 0.464 e. The molecule has 5 nitrogen and oxygen atoms in total. The van der Waals surface area contributed by atoms with Gasteiger partial charge < -0.3 is 9.47 Å². The summed E-state index contributed by atoms with van der Waals surface area (Å²) in [6, 6.07) is 25.3. The van der Waals surface area contributed by atoms with Gasteiger partial charge in [-0.1, -0.05) is 72.8 Å². The van der Waals surface area contributed by atoms with E-state index in [1.54, 1.807) is 31.2 Å². The lowest BCUT2D eigenvalue weighted by atomic mass is 10.00. The quantitative estimate of drug-likeness (QED) is 0.343. The first-order valence-corrected chi connectivity index (χ1v) is 11.0. The molecule has 0 aliphatic carbocycles. The van der Waals surface area contributed by atoms with E-state index in [0.29, 0.717) is 16.8 Å². The van der Waals surface area contributed by atoms with Crippen LogP contribution in [0, 0.1) is 0 Å². The van der Waals surface area contributed by atoms with E-state index in [0.717, 1.165) is 11.1 Å². The molecular formula is C28H29NO4. The molecule has 0 bridgehead atoms. The van der Waals surface area contributed by atoms with Crippen molar-refractivity contribution in [2.45, 2.75) is 39.3 Å². The third-order valence-corrected chi connectivity index (χ3v) is 4.72. The van der Waals surface area contributed by atoms with Gasteiger partial charge in [0.1, 0.15) is 5.60 Å². The molecule has 170 valence electrons. The standard InChI is InChI=1S/C28H29NO4/c1-5-32-27(31)25(22-16-18-23(19-17-22)26(30)33-28(2,3)4)29-24(20-12-8-6-9-13-20)21-14-10-7-11-15-21/h6-19,25H,5H2,1-4H3. The minimum Gasteiger partial charge on any atom is -0.464 e. The Morgan fingerprint density at radius 2 is 1.30 bits per heavy atom. The third kappa shape index (κ3) is 6.62. The molecule has 0 N–H and O–H groups in total. The van der Waals surface area contributed by atoms with Gasteiger partial charge in [-0.3, -0.25) is 4.99 Å². The molecule has 0 aliphatic heterocycles. The van der Waals surface area contributed by atoms with Crippen LogP contribution in [0.25, 0.3) is 0 Å². The van der Waals surface area contributed by atoms with Gasteiger partial charge >= 0.3 is 11.9 Å². The number of esters is 2. The second-order valence-electron chi connectivity index (χ2n) is 8.49. The Hall–Kier alpha value is -3.73. The van der Waals surface area contributed by atoms with Crippen molar-refractivity contribution in [2.24, 2.45) is 4.99 Å². The summed E-state index contributed by atoms with van der Waals surface area (Å²) in [5.41, 5.74) is 2.92. The Balaban J connectivity index is 2.04. The third-order valence-electron chi connectivity index (χ3n) is 4.72. The highest BCUT2D eigenvalue weighted by Gasteiger charge is 2.24. The Morgan fingerprint density at radius 1 is 0.788 bits per heavy atom. The molecule has 5 heteroatoms. The molecule has 3 rings (SSSR count). The van der Waals surface area contributed by atoms with Crippen molar-refractivity contribution in [1.29, 1.82) is 0 Å². The van der Waals surface area contributed by atoms with Gasteiger partial charge in [-0.15, -0.1) is 0 Å². The van der Waals surface area contributed by atoms with Crippen molar-refractivity contribution in [3.63, 3.8) is 0 Å². The first-order valence-electron chi connectivity index (χ1n) is 11.0. The number of ether oxygens (including phenoxy) is 2. The molecule has 0 heterocycles. The fourth-order valence-electron chi connectivity index (χ4n) is 3.26. The highest BCUT2D eigenvalue weighted by molar-refractivity contribution is 6.13. The molecule has 1 atom stereocenters. The molecule has 0 saturated heterocycles. The van der Waals surface area contributed by atoms with E-state index in [1.165, 1.54) is 0 Å². The zero-order valence-electron chi connectivity index (χ0n) is 19.4. The minimum absolute atomic E-state index is 0.243. The van der Waals surface area contributed by atoms with Crippen molar-refractivity contribution >= 4 is 17.7 Å². The van der Waals surface area contributed by atoms with Crippen molar-refractivity contribution in [2.75, 3.05) is 6.61 Å². The Morgan fingerprint density at radius 3 is 1.76 bits per heavy atom. The van der Waals surface area contributed by atoms with Gasteiger partial charge in [0.15, 0.2) is 6.04 Å². The van der Waals surface area contributed by atoms with Gasteiger partial charge in [-0.2, -0.15) is 0 Å². The molecule has 0 aliphatic rings. The average molecular weight is 444 g/mol. The molecule has 0 fully saturated rings. The summed E-state index contributed by atoms with van der Waals surface area (Å²) in [6.45, 7) is 7.46. The smallest absolute Gasteiger partial charge is 0.338 e. The zero-order chi connectivity index (χ0) is 23.8. The Labute approximate surface area is 195 Å². The maximum absolute atomic E-state index is 12.9. The summed E-state index contributed by atoms with van der Waals surface area (Å²) < 4.78 is 10.8. The van der Waals surface area contributed by atoms with E-state index < -0.39 is 23.6 Å². The topological polar surface area (TPSA) is 65.0 Å². The minimum atomic E-state index is -0.881. The molecule has 1 unspecified atom stereocenters. The van der Waals surface area contributed by atoms with Crippen LogP contribution >= 0.6 is 0 Å². The highest BCUT2D eigenvalue weighted by Crippen LogP contribution is 2.24. The number of hydrogen-bond acceptors (Lipinski definition) is 5. The van der Waals surface area contributed by atoms with Gasteiger partial charge in [-0.05, 0) is 45.4 Å². The Kier molecular flexibility index (Phi) is 7.78. The highest BCUT2D eigenvalue weighted by atomic mass is 16.6. The van der Waals surface area contributed by atoms with Crippen molar-refractivity contribution < 1.29 is 19.1 Å². The lowest BCUT2D eigenvalue weighted by molar-refractivity contribution is -0.144. The van der Waals surface area contributed by atoms with Crippen LogP contribution in [-0.2, 0) is 14.3 Å². The molecule has 33 heavy (non-hydrogen) atoms. The fraction of sp³-hybridized carbons (Fsp3) is 0.250. The molecule has 3 aromatic carbocycles. The van der Waals surface area contributed by atoms with Gasteiger partial charge in [0.25, 0.3) is 0 Å². The number of aliphatic imine (C=N–C) groups is 1. The van der Waals surface area contributed by atoms with Gasteiger partial charge in [0.2, 0.25) is 0 Å². The summed E-state index contributed by atoms with van der Waals surface area (Å²) in [6.07, 6.45) is 0. The molecule has 3 aromatic rings. The predicted octanol–water partition coefficient (Wildman–Crippen LogP) is 5.78. The summed E-state index contributed by atoms with van der Waals surface area (Å²) in [7, 11) is 0. The van der Waals surface area contributed by atoms with Gasteiger partial charge in [-0.25, -0.2) is 9.59 Å². The zero-order valence-corrected chi connectivity index (χ0v) is 19.4. The summed E-state index contributed by atoms with van der Waals surface area (Å²) in [5, 5.41) is 0. The molecule has 0 spiro atoms. The molecule has 0 aromatic heterocycles. The van der Waals surface area contributed by atoms with E-state index in [9.17, 15) is 9.59 Å². The van der Waals surface area contributed by atoms with E-state index in [2.05, 4.69) is 0 Å². The van der Waals surface area contributed by atoms with Crippen LogP contribution in [0.4, 0.5) is 0 Å². The number of rotatable bonds is 7. The first kappa shape index (κ1) is 23.9. The lowest BCUT2D eigenvalue weighted by Gasteiger charge is -2.20. The number of nitrogens with zero attached hydrogens (tertiary/aromatic N) is 1. The fourth-order valence-corrected chi connectivity index (χ4v) is 3.26. The molecule has 0 amide bonds. The van der Waals surface area contributed by atoms with E-state index >= 15 is 0 Å². The average Bonchev–Trinajstić information content (AvgIpc) is 2.80. The lowest BCUT2D eigenvalue weighted by Crippen LogP contribution is -2.24. The van der Waals surface area contributed by atoms with Crippen LogP contribution in [0.3, 0.4) is 0 Å². The molecule has 0 saturated carbocycles. The summed E-state index contributed by atoms with van der Waals surface area (Å²) >= 11 is 0. The van der Waals surface area contributed by atoms with Crippen LogP contribution in [-0.4, -0.2) is 29.9 Å². The maximum atomic E-state index is 12.9. The van der Waals surface area contributed by atoms with Crippen molar-refractivity contribution in [3.05, 3.63) is 107 Å². The van der Waals surface area contributed by atoms with Crippen LogP contribution in [0.2, 0.25) is 0 Å². The second kappa shape index (κ2) is 10.7. The molecule has 0 radical (unpaired) electrons. The van der Waals surface area contributed by atoms with E-state index in [1.807, 2.05) is 81.4 Å². The normalized spacial score (nSPS) is 11.9. The maximum Gasteiger partial charge on any atom is 0.338 e. The van der Waals surface area contributed by atoms with Crippen molar-refractivity contribution in [3.8, 4) is 0 Å². The summed E-state index contributed by atoms with van der Waals surface area (Å²) in [5.74, 6) is -0.869. The number of hydrogen-bond donors (Lipinski definition) is 0. The monoisotopic (exact) mass is 443 g/mol. The second-order valence-corrected chi connectivity index (χ2v) is 8.49. The van der Waals surface area contributed by atoms with Crippen molar-refractivity contribution in [1.82, 2.24) is 0 Å². The predicted molar refractivity (Wildman–Crippen MR) is 130 cm³/mol. The van der Waals surface area contributed by atoms with E-state index in [-0.39, 0.29) is 6.61 Å². The number of benzene rings is 3. The number of carbonyl (C=O) groups is 2. The van der Waals surface area contributed by atoms with E-state index in [4.69, 9.17) is 14.5 Å².